The maximum Gasteiger partial charge on any atom is 0.221 e. The Hall–Kier alpha value is -2.42. The molecule has 0 unspecified atom stereocenters. The molecule has 1 amide bonds. The highest BCUT2D eigenvalue weighted by Gasteiger charge is 2.06. The molecule has 0 fully saturated rings. The third kappa shape index (κ3) is 4.55. The molecule has 1 N–H and O–H groups in total. The molecule has 0 spiro atoms. The molecule has 2 aromatic rings. The van der Waals surface area contributed by atoms with Crippen LogP contribution >= 0.6 is 0 Å². The lowest BCUT2D eigenvalue weighted by Crippen LogP contribution is -2.05. The van der Waals surface area contributed by atoms with Gasteiger partial charge < -0.3 is 5.32 Å². The fraction of sp³-hybridized carbons (Fsp3) is 0.263. The average molecular weight is 294 g/mol. The predicted octanol–water partition coefficient (Wildman–Crippen LogP) is 4.66. The number of hydrogen-bond acceptors (Lipinski definition) is 2. The highest BCUT2D eigenvalue weighted by Crippen LogP contribution is 2.26. The summed E-state index contributed by atoms with van der Waals surface area (Å²) in [7, 11) is 0. The molecule has 0 aliphatic rings. The van der Waals surface area contributed by atoms with Crippen molar-refractivity contribution < 1.29 is 4.79 Å². The number of aromatic nitrogens is 1. The standard InChI is InChI=1S/C19H22N2O/c1-3-4-5-11-19(17-9-7-12-20-14-17)16-8-6-10-18(13-16)21-15(2)22/h6-14H,3-5H2,1-2H3,(H,21,22). The molecule has 0 saturated heterocycles. The minimum Gasteiger partial charge on any atom is -0.326 e. The minimum atomic E-state index is -0.0601. The fourth-order valence-electron chi connectivity index (χ4n) is 2.34. The SMILES string of the molecule is CCCCC=C(c1cccnc1)c1cccc(NC(C)=O)c1. The van der Waals surface area contributed by atoms with Crippen molar-refractivity contribution in [3.63, 3.8) is 0 Å². The molecule has 3 nitrogen and oxygen atoms in total. The highest BCUT2D eigenvalue weighted by atomic mass is 16.1. The number of anilines is 1. The number of allylic oxidation sites excluding steroid dienone is 1. The summed E-state index contributed by atoms with van der Waals surface area (Å²) in [6.45, 7) is 3.71. The van der Waals surface area contributed by atoms with E-state index in [0.717, 1.165) is 35.2 Å². The first-order chi connectivity index (χ1) is 10.7. The number of benzene rings is 1. The van der Waals surface area contributed by atoms with Crippen molar-refractivity contribution in [2.75, 3.05) is 5.32 Å². The van der Waals surface area contributed by atoms with Crippen molar-refractivity contribution >= 4 is 17.2 Å². The van der Waals surface area contributed by atoms with Gasteiger partial charge in [-0.15, -0.1) is 0 Å². The number of carbonyl (C=O) groups excluding carboxylic acids is 1. The summed E-state index contributed by atoms with van der Waals surface area (Å²) in [4.78, 5) is 15.5. The second kappa shape index (κ2) is 8.13. The number of nitrogens with zero attached hydrogens (tertiary/aromatic N) is 1. The quantitative estimate of drug-likeness (QED) is 0.787. The lowest BCUT2D eigenvalue weighted by atomic mass is 9.97. The summed E-state index contributed by atoms with van der Waals surface area (Å²) in [5.74, 6) is -0.0601. The monoisotopic (exact) mass is 294 g/mol. The summed E-state index contributed by atoms with van der Waals surface area (Å²) in [6.07, 6.45) is 9.28. The Morgan fingerprint density at radius 1 is 1.23 bits per heavy atom. The lowest BCUT2D eigenvalue weighted by Gasteiger charge is -2.10. The van der Waals surface area contributed by atoms with E-state index in [9.17, 15) is 4.79 Å². The van der Waals surface area contributed by atoms with E-state index in [2.05, 4.69) is 35.4 Å². The zero-order chi connectivity index (χ0) is 15.8. The van der Waals surface area contributed by atoms with Crippen molar-refractivity contribution in [2.24, 2.45) is 0 Å². The van der Waals surface area contributed by atoms with Crippen LogP contribution in [0.4, 0.5) is 5.69 Å². The van der Waals surface area contributed by atoms with Gasteiger partial charge in [0, 0.05) is 30.6 Å². The first-order valence-corrected chi connectivity index (χ1v) is 7.69. The summed E-state index contributed by atoms with van der Waals surface area (Å²) >= 11 is 0. The van der Waals surface area contributed by atoms with E-state index in [-0.39, 0.29) is 5.91 Å². The van der Waals surface area contributed by atoms with Crippen molar-refractivity contribution in [2.45, 2.75) is 33.1 Å². The molecule has 1 aromatic carbocycles. The first-order valence-electron chi connectivity index (χ1n) is 7.69. The Labute approximate surface area is 132 Å². The molecule has 0 saturated carbocycles. The Bertz CT molecular complexity index is 647. The Morgan fingerprint density at radius 3 is 2.73 bits per heavy atom. The molecule has 2 rings (SSSR count). The van der Waals surface area contributed by atoms with Gasteiger partial charge in [0.2, 0.25) is 5.91 Å². The van der Waals surface area contributed by atoms with E-state index < -0.39 is 0 Å². The van der Waals surface area contributed by atoms with Crippen LogP contribution in [0.15, 0.2) is 54.9 Å². The van der Waals surface area contributed by atoms with Crippen molar-refractivity contribution in [1.29, 1.82) is 0 Å². The number of unbranched alkanes of at least 4 members (excludes halogenated alkanes) is 2. The second-order valence-corrected chi connectivity index (χ2v) is 5.26. The number of pyridine rings is 1. The van der Waals surface area contributed by atoms with E-state index >= 15 is 0 Å². The Morgan fingerprint density at radius 2 is 2.05 bits per heavy atom. The lowest BCUT2D eigenvalue weighted by molar-refractivity contribution is -0.114. The van der Waals surface area contributed by atoms with E-state index in [0.29, 0.717) is 0 Å². The van der Waals surface area contributed by atoms with Crippen LogP contribution in [0.5, 0.6) is 0 Å². The van der Waals surface area contributed by atoms with Crippen molar-refractivity contribution in [1.82, 2.24) is 4.98 Å². The molecular formula is C19H22N2O. The van der Waals surface area contributed by atoms with Crippen molar-refractivity contribution in [3.8, 4) is 0 Å². The number of rotatable bonds is 6. The fourth-order valence-corrected chi connectivity index (χ4v) is 2.34. The van der Waals surface area contributed by atoms with Gasteiger partial charge in [0.25, 0.3) is 0 Å². The van der Waals surface area contributed by atoms with Crippen LogP contribution in [0, 0.1) is 0 Å². The van der Waals surface area contributed by atoms with E-state index in [4.69, 9.17) is 0 Å². The van der Waals surface area contributed by atoms with Gasteiger partial charge in [0.05, 0.1) is 0 Å². The Balaban J connectivity index is 2.36. The maximum atomic E-state index is 11.2. The molecule has 0 aliphatic heterocycles. The first kappa shape index (κ1) is 16.0. The van der Waals surface area contributed by atoms with Gasteiger partial charge in [-0.05, 0) is 35.8 Å². The number of nitrogens with one attached hydrogen (secondary N) is 1. The van der Waals surface area contributed by atoms with Gasteiger partial charge in [-0.25, -0.2) is 0 Å². The van der Waals surface area contributed by atoms with Crippen LogP contribution in [0.3, 0.4) is 0 Å². The zero-order valence-electron chi connectivity index (χ0n) is 13.2. The van der Waals surface area contributed by atoms with E-state index in [1.165, 1.54) is 13.3 Å². The normalized spacial score (nSPS) is 11.3. The molecule has 0 aliphatic carbocycles. The molecule has 1 aromatic heterocycles. The summed E-state index contributed by atoms with van der Waals surface area (Å²) < 4.78 is 0. The molecule has 22 heavy (non-hydrogen) atoms. The maximum absolute atomic E-state index is 11.2. The van der Waals surface area contributed by atoms with Gasteiger partial charge in [-0.3, -0.25) is 9.78 Å². The van der Waals surface area contributed by atoms with Crippen molar-refractivity contribution in [3.05, 3.63) is 66.0 Å². The van der Waals surface area contributed by atoms with Gasteiger partial charge >= 0.3 is 0 Å². The van der Waals surface area contributed by atoms with Crippen LogP contribution < -0.4 is 5.32 Å². The Kier molecular flexibility index (Phi) is 5.90. The third-order valence-corrected chi connectivity index (χ3v) is 3.37. The van der Waals surface area contributed by atoms with Crippen LogP contribution in [-0.2, 0) is 4.79 Å². The average Bonchev–Trinajstić information content (AvgIpc) is 2.52. The third-order valence-electron chi connectivity index (χ3n) is 3.37. The minimum absolute atomic E-state index is 0.0601. The number of hydrogen-bond donors (Lipinski definition) is 1. The number of carbonyl (C=O) groups is 1. The molecule has 3 heteroatoms. The van der Waals surface area contributed by atoms with E-state index in [1.54, 1.807) is 6.20 Å². The summed E-state index contributed by atoms with van der Waals surface area (Å²) in [5.41, 5.74) is 4.16. The smallest absolute Gasteiger partial charge is 0.221 e. The van der Waals surface area contributed by atoms with Crippen LogP contribution in [0.1, 0.15) is 44.2 Å². The van der Waals surface area contributed by atoms with Gasteiger partial charge in [0.1, 0.15) is 0 Å². The molecule has 0 atom stereocenters. The van der Waals surface area contributed by atoms with Gasteiger partial charge in [0.15, 0.2) is 0 Å². The van der Waals surface area contributed by atoms with Crippen LogP contribution in [0.2, 0.25) is 0 Å². The summed E-state index contributed by atoms with van der Waals surface area (Å²) in [5, 5.41) is 2.84. The van der Waals surface area contributed by atoms with Gasteiger partial charge in [-0.2, -0.15) is 0 Å². The van der Waals surface area contributed by atoms with Gasteiger partial charge in [-0.1, -0.05) is 44.0 Å². The highest BCUT2D eigenvalue weighted by molar-refractivity contribution is 5.90. The summed E-state index contributed by atoms with van der Waals surface area (Å²) in [6, 6.07) is 11.9. The molecule has 0 bridgehead atoms. The molecular weight excluding hydrogens is 272 g/mol. The predicted molar refractivity (Wildman–Crippen MR) is 91.6 cm³/mol. The largest absolute Gasteiger partial charge is 0.326 e. The molecule has 1 heterocycles. The zero-order valence-corrected chi connectivity index (χ0v) is 13.2. The second-order valence-electron chi connectivity index (χ2n) is 5.26. The van der Waals surface area contributed by atoms with Crippen LogP contribution in [-0.4, -0.2) is 10.9 Å². The van der Waals surface area contributed by atoms with Crippen LogP contribution in [0.25, 0.3) is 5.57 Å². The topological polar surface area (TPSA) is 42.0 Å². The molecule has 114 valence electrons. The van der Waals surface area contributed by atoms with E-state index in [1.807, 2.05) is 30.5 Å². The number of amides is 1. The molecule has 0 radical (unpaired) electrons.